The van der Waals surface area contributed by atoms with Crippen molar-refractivity contribution >= 4 is 0 Å². The van der Waals surface area contributed by atoms with Crippen LogP contribution in [-0.4, -0.2) is 10.7 Å². The summed E-state index contributed by atoms with van der Waals surface area (Å²) in [4.78, 5) is 0. The quantitative estimate of drug-likeness (QED) is 0.829. The minimum absolute atomic E-state index is 0.223. The number of hydrogen-bond acceptors (Lipinski definition) is 1. The molecule has 1 fully saturated rings. The SMILES string of the molecule is Cc1cccc(CC2(O)CC(C)(C)CC(C)(C)C2)c1. The Morgan fingerprint density at radius 2 is 1.58 bits per heavy atom. The van der Waals surface area contributed by atoms with Gasteiger partial charge in [0.05, 0.1) is 5.60 Å². The summed E-state index contributed by atoms with van der Waals surface area (Å²) in [5.41, 5.74) is 2.42. The first-order valence-electron chi connectivity index (χ1n) is 7.37. The molecule has 0 spiro atoms. The van der Waals surface area contributed by atoms with Crippen LogP contribution in [0.4, 0.5) is 0 Å². The first-order valence-corrected chi connectivity index (χ1v) is 7.37. The molecule has 1 heteroatoms. The van der Waals surface area contributed by atoms with Gasteiger partial charge >= 0.3 is 0 Å². The van der Waals surface area contributed by atoms with Crippen LogP contribution in [0.5, 0.6) is 0 Å². The van der Waals surface area contributed by atoms with Crippen LogP contribution in [0, 0.1) is 17.8 Å². The van der Waals surface area contributed by atoms with Gasteiger partial charge in [0, 0.05) is 6.42 Å². The maximum atomic E-state index is 11.1. The normalized spacial score (nSPS) is 24.1. The van der Waals surface area contributed by atoms with Crippen molar-refractivity contribution in [2.45, 2.75) is 65.9 Å². The molecule has 106 valence electrons. The zero-order valence-corrected chi connectivity index (χ0v) is 13.1. The van der Waals surface area contributed by atoms with Crippen molar-refractivity contribution < 1.29 is 5.11 Å². The van der Waals surface area contributed by atoms with Crippen molar-refractivity contribution in [1.29, 1.82) is 0 Å². The Morgan fingerprint density at radius 1 is 1.00 bits per heavy atom. The molecule has 0 aliphatic heterocycles. The van der Waals surface area contributed by atoms with E-state index in [9.17, 15) is 5.11 Å². The molecule has 2 rings (SSSR count). The fourth-order valence-electron chi connectivity index (χ4n) is 4.59. The summed E-state index contributed by atoms with van der Waals surface area (Å²) in [6.45, 7) is 11.3. The molecule has 1 saturated carbocycles. The third-order valence-corrected chi connectivity index (χ3v) is 4.19. The van der Waals surface area contributed by atoms with Gasteiger partial charge in [-0.25, -0.2) is 0 Å². The summed E-state index contributed by atoms with van der Waals surface area (Å²) >= 11 is 0. The van der Waals surface area contributed by atoms with Crippen LogP contribution in [0.3, 0.4) is 0 Å². The molecular weight excluding hydrogens is 232 g/mol. The molecule has 1 aliphatic rings. The first-order chi connectivity index (χ1) is 8.59. The van der Waals surface area contributed by atoms with Gasteiger partial charge in [0.15, 0.2) is 0 Å². The molecule has 1 aromatic rings. The van der Waals surface area contributed by atoms with Gasteiger partial charge in [-0.1, -0.05) is 57.5 Å². The van der Waals surface area contributed by atoms with Crippen LogP contribution in [0.1, 0.15) is 58.1 Å². The zero-order valence-electron chi connectivity index (χ0n) is 13.1. The molecule has 0 unspecified atom stereocenters. The Hall–Kier alpha value is -0.820. The van der Waals surface area contributed by atoms with E-state index in [1.54, 1.807) is 0 Å². The molecule has 1 aromatic carbocycles. The van der Waals surface area contributed by atoms with E-state index in [0.29, 0.717) is 0 Å². The lowest BCUT2D eigenvalue weighted by molar-refractivity contribution is -0.0850. The van der Waals surface area contributed by atoms with Gasteiger partial charge in [-0.15, -0.1) is 0 Å². The second kappa shape index (κ2) is 4.63. The molecule has 0 radical (unpaired) electrons. The molecule has 19 heavy (non-hydrogen) atoms. The monoisotopic (exact) mass is 260 g/mol. The summed E-state index contributed by atoms with van der Waals surface area (Å²) < 4.78 is 0. The topological polar surface area (TPSA) is 20.2 Å². The second-order valence-corrected chi connectivity index (χ2v) is 8.25. The average molecular weight is 260 g/mol. The van der Waals surface area contributed by atoms with Crippen LogP contribution < -0.4 is 0 Å². The second-order valence-electron chi connectivity index (χ2n) is 8.25. The third-order valence-electron chi connectivity index (χ3n) is 4.19. The van der Waals surface area contributed by atoms with E-state index in [1.807, 2.05) is 0 Å². The van der Waals surface area contributed by atoms with Gasteiger partial charge in [-0.05, 0) is 42.6 Å². The highest BCUT2D eigenvalue weighted by Crippen LogP contribution is 2.50. The highest BCUT2D eigenvalue weighted by molar-refractivity contribution is 5.24. The molecular formula is C18H28O. The number of hydrogen-bond donors (Lipinski definition) is 1. The van der Waals surface area contributed by atoms with Crippen LogP contribution in [0.2, 0.25) is 0 Å². The standard InChI is InChI=1S/C18H28O/c1-14-7-6-8-15(9-14)10-18(19)12-16(2,3)11-17(4,5)13-18/h6-9,19H,10-13H2,1-5H3. The molecule has 0 amide bonds. The van der Waals surface area contributed by atoms with Crippen molar-refractivity contribution in [2.75, 3.05) is 0 Å². The van der Waals surface area contributed by atoms with E-state index in [-0.39, 0.29) is 10.8 Å². The van der Waals surface area contributed by atoms with Gasteiger partial charge in [0.25, 0.3) is 0 Å². The molecule has 1 aliphatic carbocycles. The molecule has 0 atom stereocenters. The molecule has 0 heterocycles. The van der Waals surface area contributed by atoms with Gasteiger partial charge in [0.2, 0.25) is 0 Å². The highest BCUT2D eigenvalue weighted by atomic mass is 16.3. The van der Waals surface area contributed by atoms with Crippen molar-refractivity contribution in [1.82, 2.24) is 0 Å². The Balaban J connectivity index is 2.22. The van der Waals surface area contributed by atoms with Crippen LogP contribution in [0.25, 0.3) is 0 Å². The summed E-state index contributed by atoms with van der Waals surface area (Å²) in [5.74, 6) is 0. The van der Waals surface area contributed by atoms with Crippen LogP contribution in [-0.2, 0) is 6.42 Å². The van der Waals surface area contributed by atoms with E-state index >= 15 is 0 Å². The third kappa shape index (κ3) is 3.82. The zero-order chi connectivity index (χ0) is 14.3. The lowest BCUT2D eigenvalue weighted by Gasteiger charge is -2.49. The number of aliphatic hydroxyl groups is 1. The van der Waals surface area contributed by atoms with Gasteiger partial charge in [-0.3, -0.25) is 0 Å². The summed E-state index contributed by atoms with van der Waals surface area (Å²) in [6.07, 6.45) is 3.77. The van der Waals surface area contributed by atoms with E-state index < -0.39 is 5.60 Å². The molecule has 0 bridgehead atoms. The highest BCUT2D eigenvalue weighted by Gasteiger charge is 2.46. The van der Waals surface area contributed by atoms with Crippen LogP contribution in [0.15, 0.2) is 24.3 Å². The number of rotatable bonds is 2. The lowest BCUT2D eigenvalue weighted by Crippen LogP contribution is -2.47. The van der Waals surface area contributed by atoms with Gasteiger partial charge in [-0.2, -0.15) is 0 Å². The Labute approximate surface area is 118 Å². The molecule has 0 aromatic heterocycles. The van der Waals surface area contributed by atoms with Gasteiger partial charge in [0.1, 0.15) is 0 Å². The smallest absolute Gasteiger partial charge is 0.0698 e. The predicted molar refractivity (Wildman–Crippen MR) is 81.2 cm³/mol. The summed E-state index contributed by atoms with van der Waals surface area (Å²) in [6, 6.07) is 8.54. The maximum Gasteiger partial charge on any atom is 0.0698 e. The van der Waals surface area contributed by atoms with Crippen molar-refractivity contribution in [3.8, 4) is 0 Å². The first kappa shape index (κ1) is 14.6. The molecule has 0 saturated heterocycles. The largest absolute Gasteiger partial charge is 0.390 e. The summed E-state index contributed by atoms with van der Waals surface area (Å²) in [5, 5.41) is 11.1. The molecule has 1 nitrogen and oxygen atoms in total. The predicted octanol–water partition coefficient (Wildman–Crippen LogP) is 4.50. The molecule has 1 N–H and O–H groups in total. The fraction of sp³-hybridized carbons (Fsp3) is 0.667. The van der Waals surface area contributed by atoms with Crippen molar-refractivity contribution in [2.24, 2.45) is 10.8 Å². The Morgan fingerprint density at radius 3 is 2.11 bits per heavy atom. The summed E-state index contributed by atoms with van der Waals surface area (Å²) in [7, 11) is 0. The van der Waals surface area contributed by atoms with E-state index in [2.05, 4.69) is 58.9 Å². The van der Waals surface area contributed by atoms with E-state index in [1.165, 1.54) is 17.5 Å². The minimum Gasteiger partial charge on any atom is -0.390 e. The van der Waals surface area contributed by atoms with Gasteiger partial charge < -0.3 is 5.11 Å². The Kier molecular flexibility index (Phi) is 3.55. The van der Waals surface area contributed by atoms with Crippen molar-refractivity contribution in [3.63, 3.8) is 0 Å². The van der Waals surface area contributed by atoms with Crippen LogP contribution >= 0.6 is 0 Å². The maximum absolute atomic E-state index is 11.1. The number of benzene rings is 1. The van der Waals surface area contributed by atoms with Crippen molar-refractivity contribution in [3.05, 3.63) is 35.4 Å². The minimum atomic E-state index is -0.557. The van der Waals surface area contributed by atoms with E-state index in [4.69, 9.17) is 0 Å². The van der Waals surface area contributed by atoms with E-state index in [0.717, 1.165) is 19.3 Å². The number of aryl methyl sites for hydroxylation is 1. The Bertz CT molecular complexity index is 441. The average Bonchev–Trinajstić information content (AvgIpc) is 2.09. The lowest BCUT2D eigenvalue weighted by atomic mass is 9.58. The fourth-order valence-corrected chi connectivity index (χ4v) is 4.59.